The maximum absolute atomic E-state index is 13.1. The van der Waals surface area contributed by atoms with Gasteiger partial charge in [-0.05, 0) is 35.8 Å². The van der Waals surface area contributed by atoms with E-state index in [1.165, 1.54) is 4.90 Å². The topological polar surface area (TPSA) is 98.3 Å². The molecular weight excluding hydrogens is 484 g/mol. The summed E-state index contributed by atoms with van der Waals surface area (Å²) in [5.41, 5.74) is 0.878. The molecule has 9 heteroatoms. The summed E-state index contributed by atoms with van der Waals surface area (Å²) < 4.78 is 0. The number of carbonyl (C=O) groups excluding carboxylic acids is 5. The minimum atomic E-state index is -0.445. The molecule has 9 nitrogen and oxygen atoms in total. The van der Waals surface area contributed by atoms with Gasteiger partial charge in [0, 0.05) is 55.8 Å². The molecule has 5 aliphatic rings. The van der Waals surface area contributed by atoms with E-state index in [0.29, 0.717) is 55.8 Å². The summed E-state index contributed by atoms with van der Waals surface area (Å²) in [6.07, 6.45) is 5.12. The molecule has 0 N–H and O–H groups in total. The quantitative estimate of drug-likeness (QED) is 0.444. The molecule has 0 spiro atoms. The zero-order chi connectivity index (χ0) is 26.1. The highest BCUT2D eigenvalue weighted by Crippen LogP contribution is 2.52. The zero-order valence-electron chi connectivity index (χ0n) is 20.9. The standard InChI is InChI=1S/C29H28N4O5/c34-22(16-33-26(35)20-5-1-3-17-4-2-6-21(23(17)20)27(33)36)31-12-9-30(10-13-31)11-14-32-28(37)24-18-7-8-19(15-18)25(24)29(32)38/h1-8,18-19,24-25H,9-16H2/t18-,19-,24+,25+/m0/s1. The normalized spacial score (nSPS) is 28.3. The number of carbonyl (C=O) groups is 5. The second kappa shape index (κ2) is 8.59. The van der Waals surface area contributed by atoms with Gasteiger partial charge in [-0.15, -0.1) is 0 Å². The molecule has 3 fully saturated rings. The Morgan fingerprint density at radius 3 is 1.89 bits per heavy atom. The fourth-order valence-corrected chi connectivity index (χ4v) is 7.11. The van der Waals surface area contributed by atoms with E-state index in [2.05, 4.69) is 17.1 Å². The molecule has 0 radical (unpaired) electrons. The summed E-state index contributed by atoms with van der Waals surface area (Å²) in [4.78, 5) is 71.5. The number of imide groups is 2. The highest BCUT2D eigenvalue weighted by molar-refractivity contribution is 6.26. The van der Waals surface area contributed by atoms with Gasteiger partial charge in [-0.2, -0.15) is 0 Å². The summed E-state index contributed by atoms with van der Waals surface area (Å²) in [5.74, 6) is -1.14. The van der Waals surface area contributed by atoms with Gasteiger partial charge < -0.3 is 4.90 Å². The maximum Gasteiger partial charge on any atom is 0.261 e. The van der Waals surface area contributed by atoms with Crippen LogP contribution in [0.15, 0.2) is 48.6 Å². The molecule has 194 valence electrons. The molecule has 7 rings (SSSR count). The van der Waals surface area contributed by atoms with E-state index < -0.39 is 11.8 Å². The van der Waals surface area contributed by atoms with Gasteiger partial charge in [0.1, 0.15) is 6.54 Å². The van der Waals surface area contributed by atoms with Crippen LogP contribution in [0.2, 0.25) is 0 Å². The monoisotopic (exact) mass is 512 g/mol. The molecule has 2 aliphatic carbocycles. The average molecular weight is 513 g/mol. The largest absolute Gasteiger partial charge is 0.339 e. The minimum Gasteiger partial charge on any atom is -0.339 e. The Labute approximate surface area is 219 Å². The second-order valence-electron chi connectivity index (χ2n) is 11.0. The Bertz CT molecular complexity index is 1360. The van der Waals surface area contributed by atoms with Crippen LogP contribution in [0.25, 0.3) is 10.8 Å². The molecule has 4 atom stereocenters. The van der Waals surface area contributed by atoms with Crippen molar-refractivity contribution in [2.45, 2.75) is 6.42 Å². The molecule has 2 aromatic carbocycles. The number of hydrogen-bond acceptors (Lipinski definition) is 6. The molecule has 38 heavy (non-hydrogen) atoms. The number of allylic oxidation sites excluding steroid dienone is 2. The first-order valence-corrected chi connectivity index (χ1v) is 13.3. The van der Waals surface area contributed by atoms with Crippen molar-refractivity contribution < 1.29 is 24.0 Å². The van der Waals surface area contributed by atoms with Crippen LogP contribution in [0.4, 0.5) is 0 Å². The van der Waals surface area contributed by atoms with Gasteiger partial charge in [0.15, 0.2) is 0 Å². The Morgan fingerprint density at radius 2 is 1.32 bits per heavy atom. The molecule has 2 bridgehead atoms. The van der Waals surface area contributed by atoms with Crippen LogP contribution in [-0.2, 0) is 14.4 Å². The summed E-state index contributed by atoms with van der Waals surface area (Å²) in [6.45, 7) is 2.78. The zero-order valence-corrected chi connectivity index (χ0v) is 20.9. The predicted molar refractivity (Wildman–Crippen MR) is 137 cm³/mol. The number of rotatable bonds is 5. The van der Waals surface area contributed by atoms with Crippen LogP contribution in [0.3, 0.4) is 0 Å². The van der Waals surface area contributed by atoms with Crippen LogP contribution in [0, 0.1) is 23.7 Å². The molecule has 2 aromatic rings. The lowest BCUT2D eigenvalue weighted by atomic mass is 9.85. The van der Waals surface area contributed by atoms with Crippen molar-refractivity contribution in [3.63, 3.8) is 0 Å². The van der Waals surface area contributed by atoms with Gasteiger partial charge in [-0.25, -0.2) is 0 Å². The number of fused-ring (bicyclic) bond motifs is 5. The van der Waals surface area contributed by atoms with Crippen molar-refractivity contribution in [1.29, 1.82) is 0 Å². The van der Waals surface area contributed by atoms with Crippen LogP contribution in [0.5, 0.6) is 0 Å². The number of nitrogens with zero attached hydrogens (tertiary/aromatic N) is 4. The summed E-state index contributed by atoms with van der Waals surface area (Å²) in [7, 11) is 0. The van der Waals surface area contributed by atoms with Gasteiger partial charge in [-0.3, -0.25) is 38.7 Å². The molecule has 1 saturated carbocycles. The first-order valence-electron chi connectivity index (χ1n) is 13.3. The fourth-order valence-electron chi connectivity index (χ4n) is 7.11. The molecule has 0 unspecified atom stereocenters. The van der Waals surface area contributed by atoms with Crippen LogP contribution in [0.1, 0.15) is 27.1 Å². The lowest BCUT2D eigenvalue weighted by molar-refractivity contribution is -0.141. The third kappa shape index (κ3) is 3.37. The SMILES string of the molecule is O=C(CN1C(=O)c2cccc3cccc(c23)C1=O)N1CCN(CCN2C(=O)[C@H]3[C@H](C2=O)[C@H]2C=C[C@H]3C2)CC1. The summed E-state index contributed by atoms with van der Waals surface area (Å²) in [6, 6.07) is 10.7. The van der Waals surface area contributed by atoms with Crippen molar-refractivity contribution in [2.75, 3.05) is 45.8 Å². The van der Waals surface area contributed by atoms with E-state index in [-0.39, 0.29) is 47.9 Å². The third-order valence-corrected chi connectivity index (χ3v) is 9.08. The van der Waals surface area contributed by atoms with Crippen molar-refractivity contribution in [3.05, 3.63) is 59.7 Å². The highest BCUT2D eigenvalue weighted by Gasteiger charge is 2.59. The van der Waals surface area contributed by atoms with Crippen molar-refractivity contribution >= 4 is 40.3 Å². The average Bonchev–Trinajstić information content (AvgIpc) is 3.62. The van der Waals surface area contributed by atoms with E-state index in [0.717, 1.165) is 16.7 Å². The van der Waals surface area contributed by atoms with Crippen LogP contribution < -0.4 is 0 Å². The lowest BCUT2D eigenvalue weighted by Crippen LogP contribution is -2.54. The predicted octanol–water partition coefficient (Wildman–Crippen LogP) is 1.39. The van der Waals surface area contributed by atoms with Crippen molar-refractivity contribution in [2.24, 2.45) is 23.7 Å². The minimum absolute atomic E-state index is 0.0289. The summed E-state index contributed by atoms with van der Waals surface area (Å²) >= 11 is 0. The fraction of sp³-hybridized carbons (Fsp3) is 0.414. The van der Waals surface area contributed by atoms with Gasteiger partial charge in [0.2, 0.25) is 17.7 Å². The van der Waals surface area contributed by atoms with E-state index in [4.69, 9.17) is 0 Å². The van der Waals surface area contributed by atoms with Crippen molar-refractivity contribution in [3.8, 4) is 0 Å². The number of benzene rings is 2. The molecule has 5 amide bonds. The highest BCUT2D eigenvalue weighted by atomic mass is 16.2. The number of hydrogen-bond donors (Lipinski definition) is 0. The maximum atomic E-state index is 13.1. The molecular formula is C29H28N4O5. The van der Waals surface area contributed by atoms with Gasteiger partial charge in [0.25, 0.3) is 11.8 Å². The van der Waals surface area contributed by atoms with Crippen LogP contribution >= 0.6 is 0 Å². The van der Waals surface area contributed by atoms with Gasteiger partial charge in [0.05, 0.1) is 11.8 Å². The molecule has 3 aliphatic heterocycles. The first kappa shape index (κ1) is 23.3. The third-order valence-electron chi connectivity index (χ3n) is 9.08. The number of amides is 5. The molecule has 2 saturated heterocycles. The molecule has 0 aromatic heterocycles. The lowest BCUT2D eigenvalue weighted by Gasteiger charge is -2.36. The molecule has 3 heterocycles. The first-order chi connectivity index (χ1) is 18.4. The second-order valence-corrected chi connectivity index (χ2v) is 11.0. The van der Waals surface area contributed by atoms with E-state index >= 15 is 0 Å². The Balaban J connectivity index is 0.948. The van der Waals surface area contributed by atoms with Gasteiger partial charge >= 0.3 is 0 Å². The van der Waals surface area contributed by atoms with E-state index in [1.807, 2.05) is 12.1 Å². The number of likely N-dealkylation sites (tertiary alicyclic amines) is 1. The number of piperazine rings is 1. The van der Waals surface area contributed by atoms with E-state index in [9.17, 15) is 24.0 Å². The smallest absolute Gasteiger partial charge is 0.261 e. The van der Waals surface area contributed by atoms with E-state index in [1.54, 1.807) is 29.2 Å². The van der Waals surface area contributed by atoms with Gasteiger partial charge in [-0.1, -0.05) is 36.4 Å². The Hall–Kier alpha value is -3.85. The van der Waals surface area contributed by atoms with Crippen molar-refractivity contribution in [1.82, 2.24) is 19.6 Å². The van der Waals surface area contributed by atoms with Crippen LogP contribution in [-0.4, -0.2) is 94.9 Å². The Morgan fingerprint density at radius 1 is 0.737 bits per heavy atom. The summed E-state index contributed by atoms with van der Waals surface area (Å²) in [5, 5.41) is 1.47. The Kier molecular flexibility index (Phi) is 5.26.